The number of hydrogen-bond donors (Lipinski definition) is 3. The summed E-state index contributed by atoms with van der Waals surface area (Å²) in [6, 6.07) is 17.7. The molecular weight excluding hydrogens is 542 g/mol. The second-order valence-corrected chi connectivity index (χ2v) is 11.7. The van der Waals surface area contributed by atoms with Gasteiger partial charge in [-0.05, 0) is 76.7 Å². The number of carbonyl (C=O) groups is 3. The molecule has 4 rings (SSSR count). The Morgan fingerprint density at radius 3 is 2.21 bits per heavy atom. The number of rotatable bonds is 14. The van der Waals surface area contributed by atoms with Crippen LogP contribution < -0.4 is 16.0 Å². The van der Waals surface area contributed by atoms with Crippen molar-refractivity contribution >= 4 is 23.6 Å². The summed E-state index contributed by atoms with van der Waals surface area (Å²) in [4.78, 5) is 41.7. The maximum Gasteiger partial charge on any atom is 0.411 e. The number of piperidine rings is 2. The molecule has 0 bridgehead atoms. The molecule has 3 amide bonds. The van der Waals surface area contributed by atoms with E-state index < -0.39 is 6.09 Å². The van der Waals surface area contributed by atoms with E-state index in [0.717, 1.165) is 108 Å². The molecule has 2 aliphatic heterocycles. The fourth-order valence-corrected chi connectivity index (χ4v) is 5.95. The lowest BCUT2D eigenvalue weighted by atomic mass is 9.95. The molecule has 2 aromatic carbocycles. The Morgan fingerprint density at radius 1 is 0.791 bits per heavy atom. The Bertz CT molecular complexity index is 1140. The average Bonchev–Trinajstić information content (AvgIpc) is 3.03. The number of benzene rings is 2. The maximum absolute atomic E-state index is 12.6. The van der Waals surface area contributed by atoms with Gasteiger partial charge in [-0.15, -0.1) is 0 Å². The molecule has 0 atom stereocenters. The highest BCUT2D eigenvalue weighted by Crippen LogP contribution is 2.28. The number of ether oxygens (including phenoxy) is 1. The van der Waals surface area contributed by atoms with Crippen LogP contribution in [0.3, 0.4) is 0 Å². The van der Waals surface area contributed by atoms with Crippen LogP contribution in [-0.2, 0) is 14.3 Å². The first-order valence-corrected chi connectivity index (χ1v) is 16.1. The first-order chi connectivity index (χ1) is 21.0. The summed E-state index contributed by atoms with van der Waals surface area (Å²) in [5.41, 5.74) is 2.73. The molecule has 0 radical (unpaired) electrons. The first-order valence-electron chi connectivity index (χ1n) is 16.1. The number of likely N-dealkylation sites (tertiary alicyclic amines) is 2. The van der Waals surface area contributed by atoms with Crippen molar-refractivity contribution < 1.29 is 19.1 Å². The van der Waals surface area contributed by atoms with Crippen molar-refractivity contribution in [2.45, 2.75) is 64.4 Å². The zero-order valence-electron chi connectivity index (χ0n) is 25.7. The molecular formula is C34H49N5O4. The molecule has 2 aromatic rings. The van der Waals surface area contributed by atoms with Crippen LogP contribution in [0.15, 0.2) is 54.6 Å². The number of nitrogens with one attached hydrogen (secondary N) is 3. The molecule has 2 saturated heterocycles. The summed E-state index contributed by atoms with van der Waals surface area (Å²) in [6.07, 6.45) is 6.56. The predicted molar refractivity (Wildman–Crippen MR) is 171 cm³/mol. The number of amides is 3. The third-order valence-corrected chi connectivity index (χ3v) is 8.49. The highest BCUT2D eigenvalue weighted by Gasteiger charge is 2.25. The zero-order chi connectivity index (χ0) is 30.3. The minimum absolute atomic E-state index is 0.0993. The van der Waals surface area contributed by atoms with Crippen molar-refractivity contribution in [3.8, 4) is 11.1 Å². The van der Waals surface area contributed by atoms with Gasteiger partial charge in [-0.3, -0.25) is 14.9 Å². The Hall–Kier alpha value is -3.43. The fraction of sp³-hybridized carbons (Fsp3) is 0.559. The lowest BCUT2D eigenvalue weighted by Gasteiger charge is -2.31. The zero-order valence-corrected chi connectivity index (χ0v) is 25.7. The number of carbonyl (C=O) groups excluding carboxylic acids is 3. The first kappa shape index (κ1) is 32.5. The Labute approximate surface area is 256 Å². The van der Waals surface area contributed by atoms with Crippen LogP contribution in [0.2, 0.25) is 0 Å². The van der Waals surface area contributed by atoms with Gasteiger partial charge in [0.15, 0.2) is 0 Å². The van der Waals surface area contributed by atoms with Crippen molar-refractivity contribution in [1.82, 2.24) is 20.4 Å². The minimum atomic E-state index is -0.428. The van der Waals surface area contributed by atoms with Crippen molar-refractivity contribution in [1.29, 1.82) is 0 Å². The SMILES string of the molecule is CCNC(=O)C1CCN(CCCCCNC(=O)CCN2CCC(OC(=O)Nc3ccccc3-c3ccccc3)CC2)CC1. The molecule has 9 nitrogen and oxygen atoms in total. The third kappa shape index (κ3) is 11.0. The largest absolute Gasteiger partial charge is 0.446 e. The lowest BCUT2D eigenvalue weighted by molar-refractivity contribution is -0.126. The van der Waals surface area contributed by atoms with Crippen LogP contribution >= 0.6 is 0 Å². The van der Waals surface area contributed by atoms with Gasteiger partial charge in [-0.25, -0.2) is 4.79 Å². The molecule has 0 spiro atoms. The molecule has 43 heavy (non-hydrogen) atoms. The topological polar surface area (TPSA) is 103 Å². The molecule has 234 valence electrons. The third-order valence-electron chi connectivity index (χ3n) is 8.49. The van der Waals surface area contributed by atoms with Crippen LogP contribution in [-0.4, -0.2) is 86.2 Å². The summed E-state index contributed by atoms with van der Waals surface area (Å²) >= 11 is 0. The van der Waals surface area contributed by atoms with Crippen molar-refractivity contribution in [3.05, 3.63) is 54.6 Å². The molecule has 0 unspecified atom stereocenters. The monoisotopic (exact) mass is 591 g/mol. The van der Waals surface area contributed by atoms with E-state index in [-0.39, 0.29) is 23.8 Å². The Balaban J connectivity index is 1.02. The maximum atomic E-state index is 12.6. The van der Waals surface area contributed by atoms with E-state index in [1.807, 2.05) is 61.5 Å². The van der Waals surface area contributed by atoms with E-state index in [1.165, 1.54) is 0 Å². The van der Waals surface area contributed by atoms with Crippen molar-refractivity contribution in [2.75, 3.05) is 57.7 Å². The van der Waals surface area contributed by atoms with E-state index in [4.69, 9.17) is 4.74 Å². The normalized spacial score (nSPS) is 16.9. The van der Waals surface area contributed by atoms with Crippen LogP contribution in [0.4, 0.5) is 10.5 Å². The van der Waals surface area contributed by atoms with Gasteiger partial charge in [0.05, 0.1) is 5.69 Å². The second kappa shape index (κ2) is 17.6. The lowest BCUT2D eigenvalue weighted by Crippen LogP contribution is -2.40. The summed E-state index contributed by atoms with van der Waals surface area (Å²) in [5.74, 6) is 0.479. The van der Waals surface area contributed by atoms with E-state index in [9.17, 15) is 14.4 Å². The van der Waals surface area contributed by atoms with Crippen LogP contribution in [0.25, 0.3) is 11.1 Å². The number of unbranched alkanes of at least 4 members (excludes halogenated alkanes) is 2. The fourth-order valence-electron chi connectivity index (χ4n) is 5.95. The molecule has 2 aliphatic rings. The second-order valence-electron chi connectivity index (χ2n) is 11.7. The molecule has 2 fully saturated rings. The smallest absolute Gasteiger partial charge is 0.411 e. The van der Waals surface area contributed by atoms with Gasteiger partial charge in [-0.2, -0.15) is 0 Å². The minimum Gasteiger partial charge on any atom is -0.446 e. The van der Waals surface area contributed by atoms with Gasteiger partial charge < -0.3 is 25.2 Å². The van der Waals surface area contributed by atoms with Gasteiger partial charge >= 0.3 is 6.09 Å². The highest BCUT2D eigenvalue weighted by atomic mass is 16.6. The number of nitrogens with zero attached hydrogens (tertiary/aromatic N) is 2. The van der Waals surface area contributed by atoms with Crippen LogP contribution in [0, 0.1) is 5.92 Å². The standard InChI is InChI=1S/C34H49N5O4/c1-2-35-33(41)28-15-22-38(23-16-28)21-10-4-9-20-36-32(40)19-26-39-24-17-29(18-25-39)43-34(42)37-31-14-8-7-13-30(31)27-11-5-3-6-12-27/h3,5-8,11-14,28-29H,2,4,9-10,15-26H2,1H3,(H,35,41)(H,36,40)(H,37,42). The Morgan fingerprint density at radius 2 is 1.47 bits per heavy atom. The van der Waals surface area contributed by atoms with Crippen LogP contribution in [0.5, 0.6) is 0 Å². The average molecular weight is 592 g/mol. The van der Waals surface area contributed by atoms with E-state index in [2.05, 4.69) is 25.8 Å². The quantitative estimate of drug-likeness (QED) is 0.271. The molecule has 2 heterocycles. The van der Waals surface area contributed by atoms with E-state index in [1.54, 1.807) is 0 Å². The van der Waals surface area contributed by atoms with E-state index in [0.29, 0.717) is 13.0 Å². The number of para-hydroxylation sites is 1. The number of anilines is 1. The Kier molecular flexibility index (Phi) is 13.3. The number of hydrogen-bond acceptors (Lipinski definition) is 6. The van der Waals surface area contributed by atoms with Gasteiger partial charge in [0.25, 0.3) is 0 Å². The summed E-state index contributed by atoms with van der Waals surface area (Å²) in [6.45, 7) is 8.80. The molecule has 0 aliphatic carbocycles. The summed E-state index contributed by atoms with van der Waals surface area (Å²) in [5, 5.41) is 8.93. The predicted octanol–water partition coefficient (Wildman–Crippen LogP) is 4.89. The van der Waals surface area contributed by atoms with E-state index >= 15 is 0 Å². The van der Waals surface area contributed by atoms with Gasteiger partial charge in [0.2, 0.25) is 11.8 Å². The van der Waals surface area contributed by atoms with Crippen molar-refractivity contribution in [2.24, 2.45) is 5.92 Å². The van der Waals surface area contributed by atoms with Crippen LogP contribution in [0.1, 0.15) is 58.3 Å². The van der Waals surface area contributed by atoms with Gasteiger partial charge in [0.1, 0.15) is 6.10 Å². The summed E-state index contributed by atoms with van der Waals surface area (Å²) in [7, 11) is 0. The molecule has 3 N–H and O–H groups in total. The van der Waals surface area contributed by atoms with Crippen molar-refractivity contribution in [3.63, 3.8) is 0 Å². The van der Waals surface area contributed by atoms with Gasteiger partial charge in [-0.1, -0.05) is 55.0 Å². The summed E-state index contributed by atoms with van der Waals surface area (Å²) < 4.78 is 5.73. The highest BCUT2D eigenvalue weighted by molar-refractivity contribution is 5.91. The molecule has 0 aromatic heterocycles. The molecule has 0 saturated carbocycles. The molecule has 9 heteroatoms. The van der Waals surface area contributed by atoms with Gasteiger partial charge in [0, 0.05) is 50.6 Å².